The zero-order valence-corrected chi connectivity index (χ0v) is 15.5. The number of hydrogen-bond acceptors (Lipinski definition) is 4. The molecule has 2 aromatic heterocycles. The molecule has 0 fully saturated rings. The Hall–Kier alpha value is -2.69. The van der Waals surface area contributed by atoms with Crippen molar-refractivity contribution in [2.75, 3.05) is 12.9 Å². The predicted octanol–water partition coefficient (Wildman–Crippen LogP) is 5.04. The first-order valence-electron chi connectivity index (χ1n) is 7.97. The fourth-order valence-electron chi connectivity index (χ4n) is 2.59. The molecule has 0 amide bonds. The molecule has 2 heterocycles. The third kappa shape index (κ3) is 4.66. The van der Waals surface area contributed by atoms with Crippen LogP contribution in [0.5, 0.6) is 5.75 Å². The van der Waals surface area contributed by atoms with E-state index in [-0.39, 0.29) is 17.0 Å². The van der Waals surface area contributed by atoms with Gasteiger partial charge in [0.25, 0.3) is 5.56 Å². The lowest BCUT2D eigenvalue weighted by Crippen LogP contribution is -2.24. The van der Waals surface area contributed by atoms with E-state index >= 15 is 0 Å². The second-order valence-electron chi connectivity index (χ2n) is 5.86. The highest BCUT2D eigenvalue weighted by atomic mass is 32.2. The number of ether oxygens (including phenoxy) is 1. The summed E-state index contributed by atoms with van der Waals surface area (Å²) in [6, 6.07) is 7.22. The van der Waals surface area contributed by atoms with Crippen molar-refractivity contribution in [3.63, 3.8) is 0 Å². The molecule has 154 valence electrons. The summed E-state index contributed by atoms with van der Waals surface area (Å²) < 4.78 is 83.0. The predicted molar refractivity (Wildman–Crippen MR) is 95.2 cm³/mol. The Morgan fingerprint density at radius 1 is 1.07 bits per heavy atom. The van der Waals surface area contributed by atoms with E-state index in [4.69, 9.17) is 0 Å². The van der Waals surface area contributed by atoms with Crippen LogP contribution < -0.4 is 10.3 Å². The molecule has 0 atom stereocenters. The van der Waals surface area contributed by atoms with Crippen LogP contribution >= 0.6 is 11.8 Å². The van der Waals surface area contributed by atoms with E-state index in [9.17, 15) is 31.1 Å². The maximum Gasteiger partial charge on any atom is 0.434 e. The van der Waals surface area contributed by atoms with Gasteiger partial charge in [-0.2, -0.15) is 26.3 Å². The zero-order valence-electron chi connectivity index (χ0n) is 14.6. The van der Waals surface area contributed by atoms with Gasteiger partial charge in [0.1, 0.15) is 11.4 Å². The lowest BCUT2D eigenvalue weighted by molar-refractivity contribution is -0.153. The van der Waals surface area contributed by atoms with E-state index in [1.807, 2.05) is 0 Å². The van der Waals surface area contributed by atoms with E-state index in [2.05, 4.69) is 9.72 Å². The van der Waals surface area contributed by atoms with Crippen molar-refractivity contribution >= 4 is 17.4 Å². The van der Waals surface area contributed by atoms with Crippen LogP contribution in [0, 0.1) is 0 Å². The van der Waals surface area contributed by atoms with Crippen LogP contribution in [0.2, 0.25) is 0 Å². The quantitative estimate of drug-likeness (QED) is 0.426. The zero-order chi connectivity index (χ0) is 21.4. The summed E-state index contributed by atoms with van der Waals surface area (Å²) >= 11 is 1.28. The summed E-state index contributed by atoms with van der Waals surface area (Å²) in [5, 5.41) is 0. The third-order valence-corrected chi connectivity index (χ3v) is 4.58. The van der Waals surface area contributed by atoms with Gasteiger partial charge in [-0.05, 0) is 36.1 Å². The van der Waals surface area contributed by atoms with E-state index in [0.717, 1.165) is 28.7 Å². The number of aromatic nitrogens is 2. The number of fused-ring (bicyclic) bond motifs is 1. The monoisotopic (exact) mass is 434 g/mol. The minimum Gasteiger partial charge on any atom is -0.484 e. The molecule has 0 aliphatic carbocycles. The molecule has 0 aliphatic rings. The van der Waals surface area contributed by atoms with Crippen molar-refractivity contribution in [3.05, 3.63) is 58.6 Å². The molecule has 0 N–H and O–H groups in total. The van der Waals surface area contributed by atoms with Crippen molar-refractivity contribution in [1.29, 1.82) is 0 Å². The van der Waals surface area contributed by atoms with E-state index in [1.165, 1.54) is 24.0 Å². The summed E-state index contributed by atoms with van der Waals surface area (Å²) in [5.74, 6) is -0.196. The first kappa shape index (κ1) is 21.0. The van der Waals surface area contributed by atoms with Gasteiger partial charge in [-0.15, -0.1) is 11.8 Å². The molecule has 3 rings (SSSR count). The van der Waals surface area contributed by atoms with Crippen LogP contribution in [0.4, 0.5) is 26.3 Å². The second kappa shape index (κ2) is 7.62. The molecule has 1 aromatic carbocycles. The Labute approximate surface area is 164 Å². The summed E-state index contributed by atoms with van der Waals surface area (Å²) in [5.41, 5.74) is -3.32. The van der Waals surface area contributed by atoms with Crippen LogP contribution in [-0.4, -0.2) is 28.4 Å². The topological polar surface area (TPSA) is 43.6 Å². The molecule has 0 aliphatic heterocycles. The molecule has 4 nitrogen and oxygen atoms in total. The average Bonchev–Trinajstić information content (AvgIpc) is 2.65. The fraction of sp³-hybridized carbons (Fsp3) is 0.222. The maximum absolute atomic E-state index is 13.6. The largest absolute Gasteiger partial charge is 0.484 e. The van der Waals surface area contributed by atoms with Crippen molar-refractivity contribution < 1.29 is 31.1 Å². The van der Waals surface area contributed by atoms with E-state index < -0.39 is 35.8 Å². The molecule has 29 heavy (non-hydrogen) atoms. The smallest absolute Gasteiger partial charge is 0.434 e. The highest BCUT2D eigenvalue weighted by Gasteiger charge is 2.38. The Morgan fingerprint density at radius 3 is 2.28 bits per heavy atom. The van der Waals surface area contributed by atoms with Gasteiger partial charge in [-0.1, -0.05) is 12.1 Å². The number of thioether (sulfide) groups is 1. The number of pyridine rings is 1. The van der Waals surface area contributed by atoms with Gasteiger partial charge in [0, 0.05) is 11.1 Å². The molecule has 0 radical (unpaired) electrons. The number of benzene rings is 1. The number of halogens is 6. The Kier molecular flexibility index (Phi) is 5.52. The van der Waals surface area contributed by atoms with E-state index in [1.54, 1.807) is 12.3 Å². The van der Waals surface area contributed by atoms with Crippen LogP contribution in [0.15, 0.2) is 52.3 Å². The normalized spacial score (nSPS) is 12.4. The Morgan fingerprint density at radius 2 is 1.72 bits per heavy atom. The fourth-order valence-corrected chi connectivity index (χ4v) is 3.01. The molecule has 0 saturated heterocycles. The van der Waals surface area contributed by atoms with Gasteiger partial charge in [0.15, 0.2) is 12.3 Å². The molecule has 0 saturated carbocycles. The van der Waals surface area contributed by atoms with Crippen LogP contribution in [0.25, 0.3) is 16.8 Å². The minimum absolute atomic E-state index is 0.141. The molecule has 3 aromatic rings. The van der Waals surface area contributed by atoms with Gasteiger partial charge in [0.2, 0.25) is 0 Å². The van der Waals surface area contributed by atoms with Gasteiger partial charge >= 0.3 is 12.4 Å². The van der Waals surface area contributed by atoms with Crippen molar-refractivity contribution in [1.82, 2.24) is 9.38 Å². The van der Waals surface area contributed by atoms with Crippen molar-refractivity contribution in [2.24, 2.45) is 0 Å². The molecule has 0 unspecified atom stereocenters. The number of rotatable bonds is 4. The standard InChI is InChI=1S/C18H12F6N2O2S/c1-29-12-6-7-26-13(8-12)25-15(18(22,23)24)14(16(26)27)10-2-4-11(5-3-10)28-9-17(19,20)21/h2-8H,9H2,1H3. The number of alkyl halides is 6. The lowest BCUT2D eigenvalue weighted by Gasteiger charge is -2.14. The number of nitrogens with zero attached hydrogens (tertiary/aromatic N) is 2. The molecule has 11 heteroatoms. The lowest BCUT2D eigenvalue weighted by atomic mass is 10.0. The molecular formula is C18H12F6N2O2S. The van der Waals surface area contributed by atoms with Crippen LogP contribution in [0.1, 0.15) is 5.69 Å². The Bertz CT molecular complexity index is 1090. The van der Waals surface area contributed by atoms with Gasteiger partial charge in [0.05, 0.1) is 5.56 Å². The Balaban J connectivity index is 2.13. The maximum atomic E-state index is 13.6. The first-order valence-corrected chi connectivity index (χ1v) is 9.19. The summed E-state index contributed by atoms with van der Waals surface area (Å²) in [6.45, 7) is -1.54. The molecule has 0 spiro atoms. The van der Waals surface area contributed by atoms with Crippen molar-refractivity contribution in [3.8, 4) is 16.9 Å². The van der Waals surface area contributed by atoms with Gasteiger partial charge < -0.3 is 4.74 Å². The highest BCUT2D eigenvalue weighted by Crippen LogP contribution is 2.35. The number of hydrogen-bond donors (Lipinski definition) is 0. The summed E-state index contributed by atoms with van der Waals surface area (Å²) in [4.78, 5) is 17.0. The van der Waals surface area contributed by atoms with E-state index in [0.29, 0.717) is 4.90 Å². The van der Waals surface area contributed by atoms with Crippen LogP contribution in [0.3, 0.4) is 0 Å². The van der Waals surface area contributed by atoms with Crippen LogP contribution in [-0.2, 0) is 6.18 Å². The average molecular weight is 434 g/mol. The SMILES string of the molecule is CSc1ccn2c(=O)c(-c3ccc(OCC(F)(F)F)cc3)c(C(F)(F)F)nc2c1. The second-order valence-corrected chi connectivity index (χ2v) is 6.74. The van der Waals surface area contributed by atoms with Gasteiger partial charge in [-0.3, -0.25) is 9.20 Å². The summed E-state index contributed by atoms with van der Waals surface area (Å²) in [7, 11) is 0. The minimum atomic E-state index is -4.91. The molecule has 0 bridgehead atoms. The molecular weight excluding hydrogens is 422 g/mol. The first-order chi connectivity index (χ1) is 13.5. The van der Waals surface area contributed by atoms with Crippen molar-refractivity contribution in [2.45, 2.75) is 17.2 Å². The third-order valence-electron chi connectivity index (χ3n) is 3.85. The summed E-state index contributed by atoms with van der Waals surface area (Å²) in [6.07, 6.45) is -6.42. The van der Waals surface area contributed by atoms with Gasteiger partial charge in [-0.25, -0.2) is 4.98 Å². The highest BCUT2D eigenvalue weighted by molar-refractivity contribution is 7.98.